The molecule has 2 N–H and O–H groups in total. The first kappa shape index (κ1) is 17.5. The maximum atomic E-state index is 12.4. The van der Waals surface area contributed by atoms with Gasteiger partial charge in [0.05, 0.1) is 17.8 Å². The van der Waals surface area contributed by atoms with Crippen LogP contribution < -0.4 is 5.32 Å². The quantitative estimate of drug-likeness (QED) is 0.834. The lowest BCUT2D eigenvalue weighted by Crippen LogP contribution is -2.45. The highest BCUT2D eigenvalue weighted by atomic mass is 16.4. The minimum Gasteiger partial charge on any atom is -0.480 e. The number of aryl methyl sites for hydroxylation is 1. The van der Waals surface area contributed by atoms with Crippen molar-refractivity contribution in [2.45, 2.75) is 65.1 Å². The third-order valence-corrected chi connectivity index (χ3v) is 3.93. The normalized spacial score (nSPS) is 16.4. The fourth-order valence-corrected chi connectivity index (χ4v) is 2.58. The van der Waals surface area contributed by atoms with Crippen LogP contribution in [0.2, 0.25) is 0 Å². The molecular formula is C16H26N4O3. The maximum Gasteiger partial charge on any atom is 0.320 e. The Hall–Kier alpha value is -1.89. The summed E-state index contributed by atoms with van der Waals surface area (Å²) in [6.07, 6.45) is 1.90. The molecule has 1 heterocycles. The number of carbonyl (C=O) groups excluding carboxylic acids is 1. The molecule has 1 aliphatic carbocycles. The van der Waals surface area contributed by atoms with Crippen LogP contribution in [0.5, 0.6) is 0 Å². The Kier molecular flexibility index (Phi) is 4.79. The van der Waals surface area contributed by atoms with Crippen LogP contribution in [-0.2, 0) is 15.1 Å². The molecular weight excluding hydrogens is 296 g/mol. The molecule has 1 fully saturated rings. The van der Waals surface area contributed by atoms with Gasteiger partial charge in [0.2, 0.25) is 5.91 Å². The zero-order valence-electron chi connectivity index (χ0n) is 14.5. The lowest BCUT2D eigenvalue weighted by atomic mass is 10.1. The summed E-state index contributed by atoms with van der Waals surface area (Å²) in [5.41, 5.74) is 0.578. The first-order chi connectivity index (χ1) is 10.6. The summed E-state index contributed by atoms with van der Waals surface area (Å²) in [7, 11) is 0. The number of amides is 1. The molecule has 0 aromatic carbocycles. The van der Waals surface area contributed by atoms with Crippen LogP contribution in [-0.4, -0.2) is 50.3 Å². The molecule has 2 rings (SSSR count). The van der Waals surface area contributed by atoms with Crippen molar-refractivity contribution in [1.82, 2.24) is 14.7 Å². The Morgan fingerprint density at radius 2 is 2.09 bits per heavy atom. The number of carbonyl (C=O) groups is 2. The molecule has 0 bridgehead atoms. The van der Waals surface area contributed by atoms with E-state index in [0.717, 1.165) is 18.5 Å². The van der Waals surface area contributed by atoms with Gasteiger partial charge in [-0.3, -0.25) is 14.5 Å². The summed E-state index contributed by atoms with van der Waals surface area (Å²) in [6.45, 7) is 9.61. The predicted octanol–water partition coefficient (Wildman–Crippen LogP) is 1.82. The Labute approximate surface area is 136 Å². The van der Waals surface area contributed by atoms with Gasteiger partial charge in [0.25, 0.3) is 0 Å². The largest absolute Gasteiger partial charge is 0.480 e. The molecule has 1 atom stereocenters. The van der Waals surface area contributed by atoms with Gasteiger partial charge in [-0.2, -0.15) is 5.10 Å². The van der Waals surface area contributed by atoms with E-state index >= 15 is 0 Å². The Morgan fingerprint density at radius 1 is 1.48 bits per heavy atom. The van der Waals surface area contributed by atoms with Gasteiger partial charge in [-0.15, -0.1) is 0 Å². The van der Waals surface area contributed by atoms with E-state index in [-0.39, 0.29) is 24.0 Å². The number of aliphatic carboxylic acids is 1. The van der Waals surface area contributed by atoms with Crippen molar-refractivity contribution < 1.29 is 14.7 Å². The lowest BCUT2D eigenvalue weighted by Gasteiger charge is -2.26. The molecule has 0 saturated heterocycles. The van der Waals surface area contributed by atoms with Gasteiger partial charge < -0.3 is 10.4 Å². The Bertz CT molecular complexity index is 599. The van der Waals surface area contributed by atoms with Crippen molar-refractivity contribution in [2.75, 3.05) is 11.9 Å². The van der Waals surface area contributed by atoms with Crippen molar-refractivity contribution in [2.24, 2.45) is 0 Å². The van der Waals surface area contributed by atoms with Crippen LogP contribution in [0.15, 0.2) is 6.07 Å². The summed E-state index contributed by atoms with van der Waals surface area (Å²) in [6, 6.07) is 1.36. The SMILES string of the molecule is Cc1cc(NC(=O)CN(C2CC2)C(C)C(=O)O)n(C(C)(C)C)n1. The number of aromatic nitrogens is 2. The molecule has 0 radical (unpaired) electrons. The zero-order chi connectivity index (χ0) is 17.4. The molecule has 128 valence electrons. The molecule has 1 aromatic heterocycles. The fraction of sp³-hybridized carbons (Fsp3) is 0.688. The third-order valence-electron chi connectivity index (χ3n) is 3.93. The Balaban J connectivity index is 2.08. The van der Waals surface area contributed by atoms with Crippen LogP contribution in [0, 0.1) is 6.92 Å². The van der Waals surface area contributed by atoms with Crippen LogP contribution >= 0.6 is 0 Å². The van der Waals surface area contributed by atoms with Crippen LogP contribution in [0.3, 0.4) is 0 Å². The van der Waals surface area contributed by atoms with E-state index < -0.39 is 12.0 Å². The molecule has 1 saturated carbocycles. The van der Waals surface area contributed by atoms with Gasteiger partial charge in [-0.05, 0) is 47.5 Å². The maximum absolute atomic E-state index is 12.4. The average molecular weight is 322 g/mol. The van der Waals surface area contributed by atoms with Gasteiger partial charge in [0.1, 0.15) is 11.9 Å². The molecule has 7 heteroatoms. The van der Waals surface area contributed by atoms with E-state index in [4.69, 9.17) is 0 Å². The van der Waals surface area contributed by atoms with Gasteiger partial charge in [-0.25, -0.2) is 4.68 Å². The second kappa shape index (κ2) is 6.31. The second-order valence-electron chi connectivity index (χ2n) is 7.22. The summed E-state index contributed by atoms with van der Waals surface area (Å²) >= 11 is 0. The number of hydrogen-bond donors (Lipinski definition) is 2. The van der Waals surface area contributed by atoms with E-state index in [1.807, 2.05) is 33.8 Å². The van der Waals surface area contributed by atoms with Crippen LogP contribution in [0.4, 0.5) is 5.82 Å². The van der Waals surface area contributed by atoms with Crippen molar-refractivity contribution in [1.29, 1.82) is 0 Å². The minimum absolute atomic E-state index is 0.0759. The molecule has 1 unspecified atom stereocenters. The number of nitrogens with one attached hydrogen (secondary N) is 1. The summed E-state index contributed by atoms with van der Waals surface area (Å²) in [4.78, 5) is 25.4. The van der Waals surface area contributed by atoms with Gasteiger partial charge in [0.15, 0.2) is 0 Å². The zero-order valence-corrected chi connectivity index (χ0v) is 14.5. The average Bonchev–Trinajstić information content (AvgIpc) is 3.18. The predicted molar refractivity (Wildman–Crippen MR) is 87.4 cm³/mol. The molecule has 23 heavy (non-hydrogen) atoms. The van der Waals surface area contributed by atoms with E-state index in [2.05, 4.69) is 10.4 Å². The van der Waals surface area contributed by atoms with Gasteiger partial charge in [0, 0.05) is 12.1 Å². The van der Waals surface area contributed by atoms with Gasteiger partial charge >= 0.3 is 5.97 Å². The smallest absolute Gasteiger partial charge is 0.320 e. The third kappa shape index (κ3) is 4.31. The first-order valence-electron chi connectivity index (χ1n) is 7.95. The van der Waals surface area contributed by atoms with E-state index in [0.29, 0.717) is 5.82 Å². The topological polar surface area (TPSA) is 87.5 Å². The summed E-state index contributed by atoms with van der Waals surface area (Å²) in [5, 5.41) is 16.5. The molecule has 0 spiro atoms. The highest BCUT2D eigenvalue weighted by molar-refractivity contribution is 5.92. The van der Waals surface area contributed by atoms with E-state index in [1.165, 1.54) is 0 Å². The molecule has 1 amide bonds. The standard InChI is InChI=1S/C16H26N4O3/c1-10-8-13(20(18-10)16(3,4)5)17-14(21)9-19(12-6-7-12)11(2)15(22)23/h8,11-12H,6-7,9H2,1-5H3,(H,17,21)(H,22,23). The molecule has 1 aliphatic rings. The number of carboxylic acid groups (broad SMARTS) is 1. The summed E-state index contributed by atoms with van der Waals surface area (Å²) in [5.74, 6) is -0.477. The Morgan fingerprint density at radius 3 is 2.57 bits per heavy atom. The number of rotatable bonds is 6. The van der Waals surface area contributed by atoms with Crippen molar-refractivity contribution in [3.8, 4) is 0 Å². The molecule has 1 aromatic rings. The lowest BCUT2D eigenvalue weighted by molar-refractivity contribution is -0.143. The first-order valence-corrected chi connectivity index (χ1v) is 7.95. The number of carboxylic acids is 1. The van der Waals surface area contributed by atoms with Crippen molar-refractivity contribution >= 4 is 17.7 Å². The number of hydrogen-bond acceptors (Lipinski definition) is 4. The monoisotopic (exact) mass is 322 g/mol. The highest BCUT2D eigenvalue weighted by Gasteiger charge is 2.36. The van der Waals surface area contributed by atoms with E-state index in [1.54, 1.807) is 16.5 Å². The second-order valence-corrected chi connectivity index (χ2v) is 7.22. The van der Waals surface area contributed by atoms with Crippen molar-refractivity contribution in [3.05, 3.63) is 11.8 Å². The van der Waals surface area contributed by atoms with Gasteiger partial charge in [-0.1, -0.05) is 0 Å². The highest BCUT2D eigenvalue weighted by Crippen LogP contribution is 2.28. The molecule has 7 nitrogen and oxygen atoms in total. The number of anilines is 1. The minimum atomic E-state index is -0.903. The van der Waals surface area contributed by atoms with E-state index in [9.17, 15) is 14.7 Å². The van der Waals surface area contributed by atoms with Crippen LogP contribution in [0.25, 0.3) is 0 Å². The number of nitrogens with zero attached hydrogens (tertiary/aromatic N) is 3. The summed E-state index contributed by atoms with van der Waals surface area (Å²) < 4.78 is 1.78. The molecule has 0 aliphatic heterocycles. The fourth-order valence-electron chi connectivity index (χ4n) is 2.58. The van der Waals surface area contributed by atoms with Crippen molar-refractivity contribution in [3.63, 3.8) is 0 Å². The van der Waals surface area contributed by atoms with Crippen LogP contribution in [0.1, 0.15) is 46.2 Å².